The van der Waals surface area contributed by atoms with E-state index in [-0.39, 0.29) is 11.7 Å². The van der Waals surface area contributed by atoms with Crippen LogP contribution in [0.2, 0.25) is 0 Å². The van der Waals surface area contributed by atoms with Crippen molar-refractivity contribution in [3.05, 3.63) is 72.1 Å². The highest BCUT2D eigenvalue weighted by molar-refractivity contribution is 7.18. The molecule has 24 heavy (non-hydrogen) atoms. The van der Waals surface area contributed by atoms with Gasteiger partial charge >= 0.3 is 0 Å². The minimum Gasteiger partial charge on any atom is -0.297 e. The van der Waals surface area contributed by atoms with Crippen molar-refractivity contribution >= 4 is 27.9 Å². The molecule has 0 atom stereocenters. The van der Waals surface area contributed by atoms with Crippen molar-refractivity contribution in [2.45, 2.75) is 6.92 Å². The standard InChI is InChI=1S/C18H14FN3OS/c1-12(13-7-9-15(19)10-8-13)11-16(23)20-18-22-21-17(24-18)14-5-3-2-4-6-14/h2-11H,1H3,(H,20,22,23)/b12-11-. The van der Waals surface area contributed by atoms with Crippen LogP contribution in [0.3, 0.4) is 0 Å². The third kappa shape index (κ3) is 3.91. The van der Waals surface area contributed by atoms with Crippen molar-refractivity contribution < 1.29 is 9.18 Å². The van der Waals surface area contributed by atoms with Crippen LogP contribution in [0.5, 0.6) is 0 Å². The zero-order chi connectivity index (χ0) is 16.9. The Morgan fingerprint density at radius 1 is 1.08 bits per heavy atom. The van der Waals surface area contributed by atoms with Gasteiger partial charge < -0.3 is 0 Å². The summed E-state index contributed by atoms with van der Waals surface area (Å²) in [7, 11) is 0. The second kappa shape index (κ2) is 7.14. The number of carbonyl (C=O) groups excluding carboxylic acids is 1. The largest absolute Gasteiger partial charge is 0.297 e. The van der Waals surface area contributed by atoms with E-state index in [2.05, 4.69) is 15.5 Å². The summed E-state index contributed by atoms with van der Waals surface area (Å²) in [6, 6.07) is 15.6. The van der Waals surface area contributed by atoms with Crippen LogP contribution in [-0.2, 0) is 4.79 Å². The molecule has 3 aromatic rings. The number of rotatable bonds is 4. The van der Waals surface area contributed by atoms with Crippen LogP contribution < -0.4 is 5.32 Å². The summed E-state index contributed by atoms with van der Waals surface area (Å²) in [6.45, 7) is 1.79. The monoisotopic (exact) mass is 339 g/mol. The molecule has 0 saturated heterocycles. The van der Waals surface area contributed by atoms with Crippen LogP contribution in [0.4, 0.5) is 9.52 Å². The van der Waals surface area contributed by atoms with Crippen molar-refractivity contribution in [3.8, 4) is 10.6 Å². The van der Waals surface area contributed by atoms with E-state index in [1.165, 1.54) is 29.5 Å². The molecule has 1 aromatic heterocycles. The van der Waals surface area contributed by atoms with Gasteiger partial charge in [-0.1, -0.05) is 53.8 Å². The van der Waals surface area contributed by atoms with Crippen molar-refractivity contribution in [3.63, 3.8) is 0 Å². The maximum absolute atomic E-state index is 12.9. The summed E-state index contributed by atoms with van der Waals surface area (Å²) >= 11 is 1.31. The van der Waals surface area contributed by atoms with Crippen LogP contribution in [0, 0.1) is 5.82 Å². The Kier molecular flexibility index (Phi) is 4.77. The van der Waals surface area contributed by atoms with Gasteiger partial charge in [0.05, 0.1) is 0 Å². The fraction of sp³-hybridized carbons (Fsp3) is 0.0556. The number of nitrogens with one attached hydrogen (secondary N) is 1. The maximum atomic E-state index is 12.9. The quantitative estimate of drug-likeness (QED) is 0.717. The first-order valence-corrected chi connectivity index (χ1v) is 8.07. The second-order valence-corrected chi connectivity index (χ2v) is 6.08. The maximum Gasteiger partial charge on any atom is 0.250 e. The number of benzene rings is 2. The van der Waals surface area contributed by atoms with Gasteiger partial charge in [0.25, 0.3) is 0 Å². The van der Waals surface area contributed by atoms with E-state index in [1.54, 1.807) is 19.1 Å². The summed E-state index contributed by atoms with van der Waals surface area (Å²) in [6.07, 6.45) is 1.46. The van der Waals surface area contributed by atoms with Gasteiger partial charge in [0.1, 0.15) is 10.8 Å². The number of allylic oxidation sites excluding steroid dienone is 1. The van der Waals surface area contributed by atoms with Gasteiger partial charge in [-0.25, -0.2) is 4.39 Å². The number of halogens is 1. The summed E-state index contributed by atoms with van der Waals surface area (Å²) < 4.78 is 12.9. The number of carbonyl (C=O) groups is 1. The topological polar surface area (TPSA) is 54.9 Å². The summed E-state index contributed by atoms with van der Waals surface area (Å²) in [4.78, 5) is 12.1. The molecular formula is C18H14FN3OS. The number of hydrogen-bond donors (Lipinski definition) is 1. The number of amides is 1. The van der Waals surface area contributed by atoms with E-state index in [1.807, 2.05) is 30.3 Å². The molecule has 120 valence electrons. The van der Waals surface area contributed by atoms with E-state index >= 15 is 0 Å². The summed E-state index contributed by atoms with van der Waals surface area (Å²) in [5, 5.41) is 11.9. The van der Waals surface area contributed by atoms with Crippen molar-refractivity contribution in [1.29, 1.82) is 0 Å². The summed E-state index contributed by atoms with van der Waals surface area (Å²) in [5.41, 5.74) is 2.47. The van der Waals surface area contributed by atoms with Gasteiger partial charge in [0.15, 0.2) is 0 Å². The Morgan fingerprint density at radius 3 is 2.50 bits per heavy atom. The molecule has 0 spiro atoms. The van der Waals surface area contributed by atoms with Crippen LogP contribution in [0.15, 0.2) is 60.7 Å². The van der Waals surface area contributed by atoms with Gasteiger partial charge in [0.2, 0.25) is 11.0 Å². The molecule has 0 radical (unpaired) electrons. The average Bonchev–Trinajstić information content (AvgIpc) is 3.04. The SMILES string of the molecule is C/C(=C/C(=O)Nc1nnc(-c2ccccc2)s1)c1ccc(F)cc1. The highest BCUT2D eigenvalue weighted by Gasteiger charge is 2.08. The predicted molar refractivity (Wildman–Crippen MR) is 94.0 cm³/mol. The van der Waals surface area contributed by atoms with Crippen molar-refractivity contribution in [2.75, 3.05) is 5.32 Å². The van der Waals surface area contributed by atoms with Gasteiger partial charge in [-0.15, -0.1) is 10.2 Å². The molecule has 4 nitrogen and oxygen atoms in total. The Morgan fingerprint density at radius 2 is 1.79 bits per heavy atom. The van der Waals surface area contributed by atoms with Gasteiger partial charge in [-0.2, -0.15) is 0 Å². The first-order valence-electron chi connectivity index (χ1n) is 7.26. The van der Waals surface area contributed by atoms with Gasteiger partial charge in [-0.05, 0) is 30.2 Å². The lowest BCUT2D eigenvalue weighted by atomic mass is 10.1. The minimum absolute atomic E-state index is 0.299. The minimum atomic E-state index is -0.307. The lowest BCUT2D eigenvalue weighted by Gasteiger charge is -2.01. The predicted octanol–water partition coefficient (Wildman–Crippen LogP) is 4.39. The molecule has 0 aliphatic carbocycles. The number of anilines is 1. The molecule has 3 rings (SSSR count). The number of hydrogen-bond acceptors (Lipinski definition) is 4. The normalized spacial score (nSPS) is 11.3. The zero-order valence-electron chi connectivity index (χ0n) is 12.9. The Hall–Kier alpha value is -2.86. The molecular weight excluding hydrogens is 325 g/mol. The lowest BCUT2D eigenvalue weighted by Crippen LogP contribution is -2.08. The average molecular weight is 339 g/mol. The van der Waals surface area contributed by atoms with Crippen molar-refractivity contribution in [1.82, 2.24) is 10.2 Å². The van der Waals surface area contributed by atoms with Crippen LogP contribution >= 0.6 is 11.3 Å². The highest BCUT2D eigenvalue weighted by atomic mass is 32.1. The van der Waals surface area contributed by atoms with E-state index in [9.17, 15) is 9.18 Å². The molecule has 0 bridgehead atoms. The van der Waals surface area contributed by atoms with E-state index in [0.29, 0.717) is 5.13 Å². The van der Waals surface area contributed by atoms with Crippen LogP contribution in [0.25, 0.3) is 16.1 Å². The molecule has 0 aliphatic heterocycles. The Labute approximate surface area is 142 Å². The molecule has 0 fully saturated rings. The van der Waals surface area contributed by atoms with Crippen LogP contribution in [0.1, 0.15) is 12.5 Å². The van der Waals surface area contributed by atoms with Gasteiger partial charge in [0, 0.05) is 11.6 Å². The van der Waals surface area contributed by atoms with Crippen LogP contribution in [-0.4, -0.2) is 16.1 Å². The van der Waals surface area contributed by atoms with Crippen molar-refractivity contribution in [2.24, 2.45) is 0 Å². The second-order valence-electron chi connectivity index (χ2n) is 5.10. The third-order valence-corrected chi connectivity index (χ3v) is 4.21. The molecule has 6 heteroatoms. The molecule has 1 N–H and O–H groups in total. The van der Waals surface area contributed by atoms with Gasteiger partial charge in [-0.3, -0.25) is 10.1 Å². The summed E-state index contributed by atoms with van der Waals surface area (Å²) in [5.74, 6) is -0.606. The smallest absolute Gasteiger partial charge is 0.250 e. The molecule has 0 saturated carbocycles. The fourth-order valence-electron chi connectivity index (χ4n) is 2.11. The number of aromatic nitrogens is 2. The third-order valence-electron chi connectivity index (χ3n) is 3.32. The Bertz CT molecular complexity index is 873. The molecule has 0 aliphatic rings. The molecule has 2 aromatic carbocycles. The lowest BCUT2D eigenvalue weighted by molar-refractivity contribution is -0.111. The van der Waals surface area contributed by atoms with E-state index < -0.39 is 0 Å². The molecule has 0 unspecified atom stereocenters. The fourth-order valence-corrected chi connectivity index (χ4v) is 2.86. The first-order chi connectivity index (χ1) is 11.6. The van der Waals surface area contributed by atoms with E-state index in [4.69, 9.17) is 0 Å². The Balaban J connectivity index is 1.70. The zero-order valence-corrected chi connectivity index (χ0v) is 13.7. The molecule has 1 heterocycles. The number of nitrogens with zero attached hydrogens (tertiary/aromatic N) is 2. The highest BCUT2D eigenvalue weighted by Crippen LogP contribution is 2.26. The van der Waals surface area contributed by atoms with E-state index in [0.717, 1.165) is 21.7 Å². The molecule has 1 amide bonds. The first kappa shape index (κ1) is 16.0.